The number of hydrogen-bond acceptors (Lipinski definition) is 6. The molecule has 2 aliphatic rings. The average molecular weight is 474 g/mol. The highest BCUT2D eigenvalue weighted by Gasteiger charge is 2.33. The van der Waals surface area contributed by atoms with Crippen LogP contribution in [-0.4, -0.2) is 65.4 Å². The molecule has 1 saturated heterocycles. The van der Waals surface area contributed by atoms with Crippen LogP contribution >= 0.6 is 0 Å². The molecule has 0 aliphatic carbocycles. The zero-order valence-electron chi connectivity index (χ0n) is 18.8. The molecule has 1 unspecified atom stereocenters. The fourth-order valence-electron chi connectivity index (χ4n) is 3.93. The van der Waals surface area contributed by atoms with E-state index in [9.17, 15) is 23.1 Å². The molecule has 180 valence electrons. The molecule has 1 fully saturated rings. The first-order chi connectivity index (χ1) is 16.1. The minimum absolute atomic E-state index is 0.140. The van der Waals surface area contributed by atoms with Crippen LogP contribution in [0.5, 0.6) is 0 Å². The zero-order chi connectivity index (χ0) is 24.5. The quantitative estimate of drug-likeness (QED) is 0.707. The lowest BCUT2D eigenvalue weighted by molar-refractivity contribution is -0.141. The number of carbonyl (C=O) groups excluding carboxylic acids is 1. The van der Waals surface area contributed by atoms with Gasteiger partial charge in [-0.25, -0.2) is 0 Å². The number of aliphatic hydroxyl groups is 1. The van der Waals surface area contributed by atoms with E-state index >= 15 is 0 Å². The van der Waals surface area contributed by atoms with Crippen molar-refractivity contribution in [2.24, 2.45) is 0 Å². The maximum atomic E-state index is 12.9. The molecule has 10 heteroatoms. The molecule has 0 saturated carbocycles. The van der Waals surface area contributed by atoms with Crippen LogP contribution in [0.25, 0.3) is 5.57 Å². The number of ether oxygens (including phenoxy) is 1. The number of pyridine rings is 1. The molecular formula is C24H25F3N4O3. The number of aliphatic hydroxyl groups excluding tert-OH is 1. The number of carbonyl (C=O) groups is 1. The van der Waals surface area contributed by atoms with Crippen LogP contribution in [0.3, 0.4) is 0 Å². The second kappa shape index (κ2) is 9.47. The predicted octanol–water partition coefficient (Wildman–Crippen LogP) is 3.48. The Morgan fingerprint density at radius 1 is 1.21 bits per heavy atom. The summed E-state index contributed by atoms with van der Waals surface area (Å²) in [6.07, 6.45) is -0.727. The SMILES string of the molecule is Cc1ccc(NC(=O)c2ccnc(C(F)(F)F)c2)cc1C1=CN(C)C(O)C(N2CCOCC2)=C1. The number of morpholine rings is 1. The summed E-state index contributed by atoms with van der Waals surface area (Å²) in [6.45, 7) is 4.43. The van der Waals surface area contributed by atoms with Gasteiger partial charge in [0.15, 0.2) is 6.23 Å². The number of hydrogen-bond donors (Lipinski definition) is 2. The third-order valence-electron chi connectivity index (χ3n) is 5.79. The van der Waals surface area contributed by atoms with Gasteiger partial charge in [-0.2, -0.15) is 13.2 Å². The molecule has 1 amide bonds. The lowest BCUT2D eigenvalue weighted by Gasteiger charge is -2.38. The summed E-state index contributed by atoms with van der Waals surface area (Å²) in [6, 6.07) is 7.24. The normalized spacial score (nSPS) is 18.9. The van der Waals surface area contributed by atoms with Crippen molar-refractivity contribution in [1.29, 1.82) is 0 Å². The molecular weight excluding hydrogens is 449 g/mol. The van der Waals surface area contributed by atoms with Crippen molar-refractivity contribution in [2.75, 3.05) is 38.7 Å². The molecule has 7 nitrogen and oxygen atoms in total. The number of aryl methyl sites for hydroxylation is 1. The van der Waals surface area contributed by atoms with Crippen LogP contribution in [0.15, 0.2) is 54.5 Å². The van der Waals surface area contributed by atoms with Gasteiger partial charge in [-0.1, -0.05) is 6.07 Å². The van der Waals surface area contributed by atoms with Gasteiger partial charge in [-0.3, -0.25) is 9.78 Å². The largest absolute Gasteiger partial charge is 0.433 e. The lowest BCUT2D eigenvalue weighted by atomic mass is 9.97. The van der Waals surface area contributed by atoms with Crippen LogP contribution in [0.1, 0.15) is 27.2 Å². The van der Waals surface area contributed by atoms with Gasteiger partial charge in [0.25, 0.3) is 5.91 Å². The van der Waals surface area contributed by atoms with Crippen LogP contribution in [0.2, 0.25) is 0 Å². The van der Waals surface area contributed by atoms with Gasteiger partial charge in [0, 0.05) is 43.8 Å². The van der Waals surface area contributed by atoms with E-state index in [0.717, 1.165) is 34.7 Å². The van der Waals surface area contributed by atoms with Crippen molar-refractivity contribution in [3.8, 4) is 0 Å². The Bertz CT molecular complexity index is 1140. The number of halogens is 3. The van der Waals surface area contributed by atoms with Crippen molar-refractivity contribution < 1.29 is 27.8 Å². The number of amides is 1. The van der Waals surface area contributed by atoms with Gasteiger partial charge in [-0.15, -0.1) is 0 Å². The summed E-state index contributed by atoms with van der Waals surface area (Å²) in [5.74, 6) is -0.669. The van der Waals surface area contributed by atoms with Crippen LogP contribution < -0.4 is 5.32 Å². The maximum absolute atomic E-state index is 12.9. The molecule has 4 rings (SSSR count). The smallest absolute Gasteiger partial charge is 0.378 e. The van der Waals surface area contributed by atoms with E-state index in [0.29, 0.717) is 32.0 Å². The van der Waals surface area contributed by atoms with E-state index in [1.54, 1.807) is 24.1 Å². The van der Waals surface area contributed by atoms with Crippen LogP contribution in [0.4, 0.5) is 18.9 Å². The Kier molecular flexibility index (Phi) is 6.63. The summed E-state index contributed by atoms with van der Waals surface area (Å²) in [5.41, 5.74) is 2.54. The highest BCUT2D eigenvalue weighted by atomic mass is 19.4. The van der Waals surface area contributed by atoms with Gasteiger partial charge in [0.05, 0.1) is 18.9 Å². The number of benzene rings is 1. The van der Waals surface area contributed by atoms with Crippen molar-refractivity contribution in [3.63, 3.8) is 0 Å². The monoisotopic (exact) mass is 474 g/mol. The van der Waals surface area contributed by atoms with Crippen molar-refractivity contribution >= 4 is 17.2 Å². The molecule has 0 bridgehead atoms. The molecule has 3 heterocycles. The van der Waals surface area contributed by atoms with Crippen molar-refractivity contribution in [2.45, 2.75) is 19.3 Å². The summed E-state index contributed by atoms with van der Waals surface area (Å²) >= 11 is 0. The van der Waals surface area contributed by atoms with Crippen LogP contribution in [0, 0.1) is 6.92 Å². The number of alkyl halides is 3. The number of rotatable bonds is 4. The highest BCUT2D eigenvalue weighted by molar-refractivity contribution is 6.04. The Morgan fingerprint density at radius 2 is 1.94 bits per heavy atom. The zero-order valence-corrected chi connectivity index (χ0v) is 18.8. The standard InChI is InChI=1S/C24H25F3N4O3/c1-15-3-4-18(29-22(32)16-5-6-28-21(12-16)24(25,26)27)13-19(15)17-11-20(23(33)30(2)14-17)31-7-9-34-10-8-31/h3-6,11-14,23,33H,7-10H2,1-2H3,(H,29,32). The minimum atomic E-state index is -4.64. The van der Waals surface area contributed by atoms with Crippen molar-refractivity contribution in [1.82, 2.24) is 14.8 Å². The number of nitrogens with one attached hydrogen (secondary N) is 1. The molecule has 1 aromatic carbocycles. The molecule has 0 radical (unpaired) electrons. The summed E-state index contributed by atoms with van der Waals surface area (Å²) in [4.78, 5) is 19.7. The van der Waals surface area contributed by atoms with E-state index in [2.05, 4.69) is 15.2 Å². The number of allylic oxidation sites excluding steroid dienone is 2. The van der Waals surface area contributed by atoms with Gasteiger partial charge < -0.3 is 25.0 Å². The summed E-state index contributed by atoms with van der Waals surface area (Å²) in [7, 11) is 1.78. The number of nitrogens with zero attached hydrogens (tertiary/aromatic N) is 3. The summed E-state index contributed by atoms with van der Waals surface area (Å²) < 4.78 is 44.3. The van der Waals surface area contributed by atoms with E-state index in [1.807, 2.05) is 25.3 Å². The Hall–Kier alpha value is -3.37. The lowest BCUT2D eigenvalue weighted by Crippen LogP contribution is -2.44. The van der Waals surface area contributed by atoms with E-state index < -0.39 is 24.0 Å². The number of likely N-dealkylation sites (N-methyl/N-ethyl adjacent to an activating group) is 1. The third kappa shape index (κ3) is 5.07. The fourth-order valence-corrected chi connectivity index (χ4v) is 3.93. The number of aromatic nitrogens is 1. The molecule has 1 aromatic heterocycles. The van der Waals surface area contributed by atoms with E-state index in [4.69, 9.17) is 4.74 Å². The van der Waals surface area contributed by atoms with Gasteiger partial charge in [-0.05, 0) is 54.0 Å². The first-order valence-electron chi connectivity index (χ1n) is 10.8. The Labute approximate surface area is 195 Å². The first-order valence-corrected chi connectivity index (χ1v) is 10.8. The molecule has 34 heavy (non-hydrogen) atoms. The number of anilines is 1. The van der Waals surface area contributed by atoms with E-state index in [1.165, 1.54) is 6.07 Å². The molecule has 0 spiro atoms. The molecule has 2 N–H and O–H groups in total. The second-order valence-corrected chi connectivity index (χ2v) is 8.20. The van der Waals surface area contributed by atoms with Crippen LogP contribution in [-0.2, 0) is 10.9 Å². The van der Waals surface area contributed by atoms with Gasteiger partial charge in [0.2, 0.25) is 0 Å². The topological polar surface area (TPSA) is 77.9 Å². The van der Waals surface area contributed by atoms with E-state index in [-0.39, 0.29) is 5.56 Å². The first kappa shape index (κ1) is 23.8. The maximum Gasteiger partial charge on any atom is 0.433 e. The predicted molar refractivity (Wildman–Crippen MR) is 121 cm³/mol. The third-order valence-corrected chi connectivity index (χ3v) is 5.79. The highest BCUT2D eigenvalue weighted by Crippen LogP contribution is 2.31. The Morgan fingerprint density at radius 3 is 2.65 bits per heavy atom. The Balaban J connectivity index is 1.60. The molecule has 2 aromatic rings. The average Bonchev–Trinajstić information content (AvgIpc) is 2.82. The van der Waals surface area contributed by atoms with Gasteiger partial charge >= 0.3 is 6.18 Å². The summed E-state index contributed by atoms with van der Waals surface area (Å²) in [5, 5.41) is 13.4. The fraction of sp³-hybridized carbons (Fsp3) is 0.333. The van der Waals surface area contributed by atoms with Gasteiger partial charge in [0.1, 0.15) is 5.69 Å². The second-order valence-electron chi connectivity index (χ2n) is 8.20. The molecule has 1 atom stereocenters. The minimum Gasteiger partial charge on any atom is -0.378 e. The van der Waals surface area contributed by atoms with Crippen molar-refractivity contribution in [3.05, 3.63) is 76.9 Å². The molecule has 2 aliphatic heterocycles.